The Morgan fingerprint density at radius 1 is 1.37 bits per heavy atom. The fourth-order valence-electron chi connectivity index (χ4n) is 3.03. The molecule has 3 atom stereocenters. The first-order valence-electron chi connectivity index (χ1n) is 6.76. The lowest BCUT2D eigenvalue weighted by molar-refractivity contribution is 0.297. The van der Waals surface area contributed by atoms with Crippen LogP contribution in [0.4, 0.5) is 5.69 Å². The summed E-state index contributed by atoms with van der Waals surface area (Å²) < 4.78 is 0. The number of benzene rings is 1. The van der Waals surface area contributed by atoms with Crippen LogP contribution in [0.15, 0.2) is 18.2 Å². The quantitative estimate of drug-likeness (QED) is 0.841. The summed E-state index contributed by atoms with van der Waals surface area (Å²) >= 11 is 11.4. The summed E-state index contributed by atoms with van der Waals surface area (Å²) in [5, 5.41) is 0.642. The molecule has 19 heavy (non-hydrogen) atoms. The fraction of sp³-hybridized carbons (Fsp3) is 0.533. The number of rotatable bonds is 2. The SMILES string of the molecule is CC1CC(C)C(C)N(c2cccc(Cl)c2C(N)=S)C1. The van der Waals surface area contributed by atoms with E-state index in [1.807, 2.05) is 12.1 Å². The third-order valence-electron chi connectivity index (χ3n) is 4.15. The molecule has 0 spiro atoms. The van der Waals surface area contributed by atoms with Gasteiger partial charge < -0.3 is 10.6 Å². The number of anilines is 1. The molecule has 0 bridgehead atoms. The second kappa shape index (κ2) is 5.68. The summed E-state index contributed by atoms with van der Waals surface area (Å²) in [7, 11) is 0. The van der Waals surface area contributed by atoms with E-state index in [0.717, 1.165) is 17.8 Å². The summed E-state index contributed by atoms with van der Waals surface area (Å²) in [6.45, 7) is 7.89. The smallest absolute Gasteiger partial charge is 0.107 e. The highest BCUT2D eigenvalue weighted by Gasteiger charge is 2.30. The monoisotopic (exact) mass is 296 g/mol. The first-order chi connectivity index (χ1) is 8.91. The number of hydrogen-bond acceptors (Lipinski definition) is 2. The number of nitrogens with zero attached hydrogens (tertiary/aromatic N) is 1. The van der Waals surface area contributed by atoms with Crippen LogP contribution < -0.4 is 10.6 Å². The maximum atomic E-state index is 6.27. The van der Waals surface area contributed by atoms with Gasteiger partial charge in [0, 0.05) is 18.3 Å². The molecular weight excluding hydrogens is 276 g/mol. The zero-order valence-electron chi connectivity index (χ0n) is 11.7. The molecule has 2 N–H and O–H groups in total. The second-order valence-electron chi connectivity index (χ2n) is 5.71. The Kier molecular flexibility index (Phi) is 4.36. The summed E-state index contributed by atoms with van der Waals surface area (Å²) in [4.78, 5) is 2.78. The Hall–Kier alpha value is -0.800. The van der Waals surface area contributed by atoms with E-state index in [0.29, 0.717) is 27.9 Å². The van der Waals surface area contributed by atoms with Gasteiger partial charge in [-0.2, -0.15) is 0 Å². The van der Waals surface area contributed by atoms with Gasteiger partial charge in [-0.3, -0.25) is 0 Å². The van der Waals surface area contributed by atoms with E-state index in [1.165, 1.54) is 6.42 Å². The molecule has 1 aromatic rings. The summed E-state index contributed by atoms with van der Waals surface area (Å²) in [6, 6.07) is 6.36. The van der Waals surface area contributed by atoms with Crippen LogP contribution in [0.5, 0.6) is 0 Å². The van der Waals surface area contributed by atoms with Crippen LogP contribution in [0.1, 0.15) is 32.8 Å². The number of thiocarbonyl (C=S) groups is 1. The highest BCUT2D eigenvalue weighted by molar-refractivity contribution is 7.80. The molecular formula is C15H21ClN2S. The standard InChI is InChI=1S/C15H21ClN2S/c1-9-7-10(2)11(3)18(8-9)13-6-4-5-12(16)14(13)15(17)19/h4-6,9-11H,7-8H2,1-3H3,(H2,17,19). The van der Waals surface area contributed by atoms with Crippen LogP contribution in [0.3, 0.4) is 0 Å². The largest absolute Gasteiger partial charge is 0.389 e. The van der Waals surface area contributed by atoms with Crippen molar-refractivity contribution in [1.29, 1.82) is 0 Å². The molecule has 0 amide bonds. The lowest BCUT2D eigenvalue weighted by Crippen LogP contribution is -2.46. The maximum absolute atomic E-state index is 6.27. The number of halogens is 1. The minimum absolute atomic E-state index is 0.374. The van der Waals surface area contributed by atoms with E-state index in [2.05, 4.69) is 31.7 Å². The van der Waals surface area contributed by atoms with Crippen LogP contribution in [0, 0.1) is 11.8 Å². The van der Waals surface area contributed by atoms with Crippen molar-refractivity contribution >= 4 is 34.5 Å². The molecule has 1 aliphatic rings. The zero-order chi connectivity index (χ0) is 14.2. The lowest BCUT2D eigenvalue weighted by atomic mass is 9.85. The van der Waals surface area contributed by atoms with Gasteiger partial charge >= 0.3 is 0 Å². The molecule has 0 radical (unpaired) electrons. The van der Waals surface area contributed by atoms with Crippen LogP contribution in [-0.2, 0) is 0 Å². The van der Waals surface area contributed by atoms with E-state index >= 15 is 0 Å². The van der Waals surface area contributed by atoms with E-state index in [4.69, 9.17) is 29.6 Å². The molecule has 0 aliphatic carbocycles. The molecule has 104 valence electrons. The van der Waals surface area contributed by atoms with E-state index in [1.54, 1.807) is 0 Å². The van der Waals surface area contributed by atoms with Crippen molar-refractivity contribution < 1.29 is 0 Å². The molecule has 4 heteroatoms. The van der Waals surface area contributed by atoms with Gasteiger partial charge in [0.2, 0.25) is 0 Å². The van der Waals surface area contributed by atoms with Gasteiger partial charge in [0.1, 0.15) is 4.99 Å². The third-order valence-corrected chi connectivity index (χ3v) is 4.66. The van der Waals surface area contributed by atoms with E-state index < -0.39 is 0 Å². The minimum Gasteiger partial charge on any atom is -0.389 e. The van der Waals surface area contributed by atoms with Crippen molar-refractivity contribution in [2.45, 2.75) is 33.2 Å². The number of hydrogen-bond donors (Lipinski definition) is 1. The highest BCUT2D eigenvalue weighted by atomic mass is 35.5. The van der Waals surface area contributed by atoms with E-state index in [-0.39, 0.29) is 0 Å². The van der Waals surface area contributed by atoms with Gasteiger partial charge in [-0.15, -0.1) is 0 Å². The third kappa shape index (κ3) is 2.87. The van der Waals surface area contributed by atoms with Crippen LogP contribution in [-0.4, -0.2) is 17.6 Å². The number of piperidine rings is 1. The van der Waals surface area contributed by atoms with Crippen LogP contribution >= 0.6 is 23.8 Å². The Labute approximate surface area is 125 Å². The molecule has 1 fully saturated rings. The second-order valence-corrected chi connectivity index (χ2v) is 6.56. The Morgan fingerprint density at radius 2 is 2.05 bits per heavy atom. The minimum atomic E-state index is 0.374. The molecule has 1 heterocycles. The van der Waals surface area contributed by atoms with Crippen molar-refractivity contribution in [1.82, 2.24) is 0 Å². The molecule has 1 aliphatic heterocycles. The summed E-state index contributed by atoms with van der Waals surface area (Å²) in [5.74, 6) is 1.33. The Bertz CT molecular complexity index is 489. The van der Waals surface area contributed by atoms with Crippen LogP contribution in [0.2, 0.25) is 5.02 Å². The average Bonchev–Trinajstić information content (AvgIpc) is 2.33. The van der Waals surface area contributed by atoms with Gasteiger partial charge in [-0.1, -0.05) is 43.7 Å². The van der Waals surface area contributed by atoms with Crippen molar-refractivity contribution in [2.24, 2.45) is 17.6 Å². The van der Waals surface area contributed by atoms with E-state index in [9.17, 15) is 0 Å². The normalized spacial score (nSPS) is 27.4. The molecule has 3 unspecified atom stereocenters. The van der Waals surface area contributed by atoms with Crippen molar-refractivity contribution in [3.05, 3.63) is 28.8 Å². The van der Waals surface area contributed by atoms with Gasteiger partial charge in [0.25, 0.3) is 0 Å². The molecule has 2 nitrogen and oxygen atoms in total. The molecule has 0 saturated carbocycles. The molecule has 0 aromatic heterocycles. The first-order valence-corrected chi connectivity index (χ1v) is 7.55. The molecule has 1 aromatic carbocycles. The lowest BCUT2D eigenvalue weighted by Gasteiger charge is -2.43. The molecule has 2 rings (SSSR count). The molecule has 1 saturated heterocycles. The van der Waals surface area contributed by atoms with Gasteiger partial charge in [-0.25, -0.2) is 0 Å². The fourth-order valence-corrected chi connectivity index (χ4v) is 3.57. The van der Waals surface area contributed by atoms with Gasteiger partial charge in [0.15, 0.2) is 0 Å². The highest BCUT2D eigenvalue weighted by Crippen LogP contribution is 2.35. The first kappa shape index (κ1) is 14.6. The predicted molar refractivity (Wildman–Crippen MR) is 87.1 cm³/mol. The van der Waals surface area contributed by atoms with Crippen molar-refractivity contribution in [2.75, 3.05) is 11.4 Å². The topological polar surface area (TPSA) is 29.3 Å². The Morgan fingerprint density at radius 3 is 2.68 bits per heavy atom. The summed E-state index contributed by atoms with van der Waals surface area (Å²) in [6.07, 6.45) is 1.26. The van der Waals surface area contributed by atoms with Gasteiger partial charge in [0.05, 0.1) is 10.6 Å². The average molecular weight is 297 g/mol. The van der Waals surface area contributed by atoms with Crippen molar-refractivity contribution in [3.63, 3.8) is 0 Å². The zero-order valence-corrected chi connectivity index (χ0v) is 13.3. The maximum Gasteiger partial charge on any atom is 0.107 e. The predicted octanol–water partition coefficient (Wildman–Crippen LogP) is 3.85. The summed E-state index contributed by atoms with van der Waals surface area (Å²) in [5.41, 5.74) is 7.74. The van der Waals surface area contributed by atoms with Crippen molar-refractivity contribution in [3.8, 4) is 0 Å². The van der Waals surface area contributed by atoms with Gasteiger partial charge in [-0.05, 0) is 37.3 Å². The Balaban J connectivity index is 2.46. The van der Waals surface area contributed by atoms with Crippen LogP contribution in [0.25, 0.3) is 0 Å². The number of nitrogens with two attached hydrogens (primary N) is 1.